The normalized spacial score (nSPS) is 11.0. The van der Waals surface area contributed by atoms with Crippen LogP contribution < -0.4 is 0 Å². The minimum atomic E-state index is 0.908. The van der Waals surface area contributed by atoms with Crippen molar-refractivity contribution in [3.8, 4) is 11.3 Å². The monoisotopic (exact) mass is 331 g/mol. The van der Waals surface area contributed by atoms with Gasteiger partial charge in [0.2, 0.25) is 0 Å². The van der Waals surface area contributed by atoms with Gasteiger partial charge in [0.1, 0.15) is 5.03 Å². The fraction of sp³-hybridized carbons (Fsp3) is 0.100. The first-order valence-corrected chi connectivity index (χ1v) is 8.87. The van der Waals surface area contributed by atoms with E-state index in [1.165, 1.54) is 11.1 Å². The number of fused-ring (bicyclic) bond motifs is 1. The van der Waals surface area contributed by atoms with E-state index >= 15 is 0 Å². The SMILES string of the molecule is Cc1ccccc1CSc1nccn2nc(-c3ccccc3)cc12. The van der Waals surface area contributed by atoms with E-state index in [1.807, 2.05) is 35.1 Å². The van der Waals surface area contributed by atoms with Crippen LogP contribution in [0.4, 0.5) is 0 Å². The van der Waals surface area contributed by atoms with Gasteiger partial charge < -0.3 is 0 Å². The van der Waals surface area contributed by atoms with Crippen LogP contribution in [0.2, 0.25) is 0 Å². The number of aromatic nitrogens is 3. The Hall–Kier alpha value is -2.59. The highest BCUT2D eigenvalue weighted by molar-refractivity contribution is 7.98. The van der Waals surface area contributed by atoms with E-state index in [1.54, 1.807) is 11.8 Å². The van der Waals surface area contributed by atoms with Gasteiger partial charge in [0, 0.05) is 23.7 Å². The molecule has 4 aromatic rings. The molecule has 0 saturated carbocycles. The zero-order valence-electron chi connectivity index (χ0n) is 13.4. The largest absolute Gasteiger partial charge is 0.246 e. The van der Waals surface area contributed by atoms with Crippen molar-refractivity contribution in [1.29, 1.82) is 0 Å². The van der Waals surface area contributed by atoms with Crippen LogP contribution in [0.3, 0.4) is 0 Å². The molecule has 0 aliphatic rings. The zero-order valence-corrected chi connectivity index (χ0v) is 14.2. The van der Waals surface area contributed by atoms with E-state index in [-0.39, 0.29) is 0 Å². The Morgan fingerprint density at radius 2 is 1.79 bits per heavy atom. The van der Waals surface area contributed by atoms with Gasteiger partial charge in [-0.25, -0.2) is 9.50 Å². The van der Waals surface area contributed by atoms with Crippen molar-refractivity contribution in [2.45, 2.75) is 17.7 Å². The fourth-order valence-electron chi connectivity index (χ4n) is 2.68. The molecule has 0 bridgehead atoms. The third-order valence-electron chi connectivity index (χ3n) is 4.05. The molecule has 2 aromatic carbocycles. The van der Waals surface area contributed by atoms with Gasteiger partial charge >= 0.3 is 0 Å². The number of thioether (sulfide) groups is 1. The third-order valence-corrected chi connectivity index (χ3v) is 5.09. The molecule has 0 amide bonds. The minimum absolute atomic E-state index is 0.908. The summed E-state index contributed by atoms with van der Waals surface area (Å²) in [6.45, 7) is 2.15. The van der Waals surface area contributed by atoms with Gasteiger partial charge in [0.05, 0.1) is 11.2 Å². The predicted octanol–water partition coefficient (Wildman–Crippen LogP) is 5.00. The van der Waals surface area contributed by atoms with E-state index < -0.39 is 0 Å². The number of hydrogen-bond donors (Lipinski definition) is 0. The smallest absolute Gasteiger partial charge is 0.122 e. The van der Waals surface area contributed by atoms with Crippen LogP contribution in [0.5, 0.6) is 0 Å². The third kappa shape index (κ3) is 2.93. The van der Waals surface area contributed by atoms with E-state index in [4.69, 9.17) is 0 Å². The van der Waals surface area contributed by atoms with Crippen LogP contribution in [0.1, 0.15) is 11.1 Å². The molecular formula is C20H17N3S. The van der Waals surface area contributed by atoms with Crippen molar-refractivity contribution in [3.63, 3.8) is 0 Å². The molecule has 0 fully saturated rings. The molecular weight excluding hydrogens is 314 g/mol. The minimum Gasteiger partial charge on any atom is -0.246 e. The lowest BCUT2D eigenvalue weighted by Crippen LogP contribution is -1.92. The first-order valence-electron chi connectivity index (χ1n) is 7.88. The highest BCUT2D eigenvalue weighted by Crippen LogP contribution is 2.28. The summed E-state index contributed by atoms with van der Waals surface area (Å²) >= 11 is 1.75. The summed E-state index contributed by atoms with van der Waals surface area (Å²) < 4.78 is 1.91. The topological polar surface area (TPSA) is 30.2 Å². The molecule has 0 spiro atoms. The number of nitrogens with zero attached hydrogens (tertiary/aromatic N) is 3. The highest BCUT2D eigenvalue weighted by atomic mass is 32.2. The molecule has 0 aliphatic carbocycles. The summed E-state index contributed by atoms with van der Waals surface area (Å²) in [4.78, 5) is 4.56. The van der Waals surface area contributed by atoms with Crippen LogP contribution >= 0.6 is 11.8 Å². The Morgan fingerprint density at radius 1 is 1.00 bits per heavy atom. The molecule has 2 heterocycles. The van der Waals surface area contributed by atoms with Gasteiger partial charge in [-0.1, -0.05) is 66.4 Å². The number of rotatable bonds is 4. The van der Waals surface area contributed by atoms with Crippen molar-refractivity contribution in [2.24, 2.45) is 0 Å². The Kier molecular flexibility index (Phi) is 4.05. The van der Waals surface area contributed by atoms with Crippen LogP contribution in [0.15, 0.2) is 78.1 Å². The van der Waals surface area contributed by atoms with E-state index in [0.717, 1.165) is 27.6 Å². The molecule has 0 N–H and O–H groups in total. The molecule has 118 valence electrons. The molecule has 0 radical (unpaired) electrons. The molecule has 4 rings (SSSR count). The molecule has 0 atom stereocenters. The summed E-state index contributed by atoms with van der Waals surface area (Å²) in [5, 5.41) is 5.69. The fourth-order valence-corrected chi connectivity index (χ4v) is 3.73. The molecule has 3 nitrogen and oxygen atoms in total. The summed E-state index contributed by atoms with van der Waals surface area (Å²) in [7, 11) is 0. The van der Waals surface area contributed by atoms with Gasteiger partial charge in [0.15, 0.2) is 0 Å². The van der Waals surface area contributed by atoms with Gasteiger partial charge in [-0.2, -0.15) is 5.10 Å². The second-order valence-corrected chi connectivity index (χ2v) is 6.64. The molecule has 24 heavy (non-hydrogen) atoms. The second kappa shape index (κ2) is 6.49. The predicted molar refractivity (Wildman–Crippen MR) is 99.2 cm³/mol. The number of hydrogen-bond acceptors (Lipinski definition) is 3. The molecule has 4 heteroatoms. The maximum Gasteiger partial charge on any atom is 0.122 e. The van der Waals surface area contributed by atoms with Crippen LogP contribution in [0.25, 0.3) is 16.8 Å². The van der Waals surface area contributed by atoms with Crippen LogP contribution in [-0.2, 0) is 5.75 Å². The van der Waals surface area contributed by atoms with Gasteiger partial charge in [-0.15, -0.1) is 0 Å². The van der Waals surface area contributed by atoms with Gasteiger partial charge in [-0.05, 0) is 24.1 Å². The maximum atomic E-state index is 4.68. The van der Waals surface area contributed by atoms with Crippen molar-refractivity contribution < 1.29 is 0 Å². The summed E-state index contributed by atoms with van der Waals surface area (Å²) in [6.07, 6.45) is 3.72. The Balaban J connectivity index is 1.66. The van der Waals surface area contributed by atoms with Gasteiger partial charge in [-0.3, -0.25) is 0 Å². The Morgan fingerprint density at radius 3 is 2.62 bits per heavy atom. The van der Waals surface area contributed by atoms with Crippen molar-refractivity contribution in [2.75, 3.05) is 0 Å². The van der Waals surface area contributed by atoms with E-state index in [0.29, 0.717) is 0 Å². The lowest BCUT2D eigenvalue weighted by atomic mass is 10.1. The lowest BCUT2D eigenvalue weighted by molar-refractivity contribution is 0.920. The van der Waals surface area contributed by atoms with Crippen molar-refractivity contribution >= 4 is 17.3 Å². The van der Waals surface area contributed by atoms with Crippen LogP contribution in [0, 0.1) is 6.92 Å². The summed E-state index contributed by atoms with van der Waals surface area (Å²) in [6, 6.07) is 20.8. The molecule has 2 aromatic heterocycles. The molecule has 0 unspecified atom stereocenters. The van der Waals surface area contributed by atoms with Crippen molar-refractivity contribution in [3.05, 3.63) is 84.2 Å². The zero-order chi connectivity index (χ0) is 16.4. The first kappa shape index (κ1) is 15.0. The van der Waals surface area contributed by atoms with E-state index in [9.17, 15) is 0 Å². The van der Waals surface area contributed by atoms with Crippen molar-refractivity contribution in [1.82, 2.24) is 14.6 Å². The quantitative estimate of drug-likeness (QED) is 0.493. The van der Waals surface area contributed by atoms with Crippen LogP contribution in [-0.4, -0.2) is 14.6 Å². The average Bonchev–Trinajstić information content (AvgIpc) is 3.07. The molecule has 0 saturated heterocycles. The molecule has 0 aliphatic heterocycles. The Bertz CT molecular complexity index is 977. The summed E-state index contributed by atoms with van der Waals surface area (Å²) in [5.41, 5.74) is 5.80. The second-order valence-electron chi connectivity index (χ2n) is 5.67. The Labute approximate surface area is 145 Å². The number of benzene rings is 2. The van der Waals surface area contributed by atoms with E-state index in [2.05, 4.69) is 59.5 Å². The lowest BCUT2D eigenvalue weighted by Gasteiger charge is -2.05. The highest BCUT2D eigenvalue weighted by Gasteiger charge is 2.10. The number of aryl methyl sites for hydroxylation is 1. The standard InChI is InChI=1S/C20H17N3S/c1-15-7-5-6-10-17(15)14-24-20-19-13-18(16-8-3-2-4-9-16)22-23(19)12-11-21-20/h2-13H,14H2,1H3. The first-order chi connectivity index (χ1) is 11.8. The van der Waals surface area contributed by atoms with Gasteiger partial charge in [0.25, 0.3) is 0 Å². The maximum absolute atomic E-state index is 4.68. The summed E-state index contributed by atoms with van der Waals surface area (Å²) in [5.74, 6) is 0.908. The average molecular weight is 331 g/mol.